The van der Waals surface area contributed by atoms with Crippen molar-refractivity contribution in [3.63, 3.8) is 0 Å². The highest BCUT2D eigenvalue weighted by atomic mass is 32.1. The average Bonchev–Trinajstić information content (AvgIpc) is 3.41. The van der Waals surface area contributed by atoms with Crippen LogP contribution in [0, 0.1) is 0 Å². The van der Waals surface area contributed by atoms with Crippen molar-refractivity contribution in [3.05, 3.63) is 58.3 Å². The van der Waals surface area contributed by atoms with Crippen molar-refractivity contribution >= 4 is 64.4 Å². The molecule has 0 aliphatic rings. The molecule has 4 heteroatoms. The van der Waals surface area contributed by atoms with Gasteiger partial charge in [0.25, 0.3) is 0 Å². The Hall–Kier alpha value is -1.98. The van der Waals surface area contributed by atoms with Gasteiger partial charge in [-0.2, -0.15) is 0 Å². The lowest BCUT2D eigenvalue weighted by atomic mass is 10.0. The molecule has 5 aromatic rings. The number of rotatable bonds is 12. The first-order valence-electron chi connectivity index (χ1n) is 12.7. The molecule has 0 atom stereocenters. The summed E-state index contributed by atoms with van der Waals surface area (Å²) in [6.45, 7) is 7.79. The summed E-state index contributed by atoms with van der Waals surface area (Å²) in [6, 6.07) is 19.0. The Labute approximate surface area is 210 Å². The first-order chi connectivity index (χ1) is 16.7. The van der Waals surface area contributed by atoms with Gasteiger partial charge in [0.1, 0.15) is 0 Å². The number of hydrogen-bond acceptors (Lipinski definition) is 4. The second-order valence-electron chi connectivity index (χ2n) is 9.18. The van der Waals surface area contributed by atoms with E-state index in [0.29, 0.717) is 0 Å². The van der Waals surface area contributed by atoms with Crippen molar-refractivity contribution in [2.24, 2.45) is 0 Å². The zero-order valence-corrected chi connectivity index (χ0v) is 22.0. The Kier molecular flexibility index (Phi) is 7.80. The van der Waals surface area contributed by atoms with Crippen LogP contribution in [0.15, 0.2) is 48.5 Å². The fourth-order valence-corrected chi connectivity index (χ4v) is 6.89. The molecule has 0 aliphatic heterocycles. The summed E-state index contributed by atoms with van der Waals surface area (Å²) in [5.41, 5.74) is 0. The largest absolute Gasteiger partial charge is 0.381 e. The lowest BCUT2D eigenvalue weighted by Crippen LogP contribution is -1.96. The topological polar surface area (TPSA) is 18.5 Å². The minimum absolute atomic E-state index is 0.862. The predicted molar refractivity (Wildman–Crippen MR) is 151 cm³/mol. The third-order valence-electron chi connectivity index (χ3n) is 6.29. The second kappa shape index (κ2) is 11.2. The maximum Gasteiger partial charge on any atom is 0.0469 e. The third kappa shape index (κ3) is 5.46. The Morgan fingerprint density at radius 2 is 0.912 bits per heavy atom. The third-order valence-corrected chi connectivity index (χ3v) is 8.60. The highest BCUT2D eigenvalue weighted by Gasteiger charge is 2.08. The van der Waals surface area contributed by atoms with Gasteiger partial charge in [-0.05, 0) is 119 Å². The Morgan fingerprint density at radius 3 is 1.35 bits per heavy atom. The van der Waals surface area contributed by atoms with Gasteiger partial charge in [-0.25, -0.2) is 0 Å². The lowest BCUT2D eigenvalue weighted by molar-refractivity contribution is 0.132. The first-order valence-corrected chi connectivity index (χ1v) is 14.3. The zero-order valence-electron chi connectivity index (χ0n) is 20.3. The molecule has 178 valence electrons. The molecule has 2 aromatic heterocycles. The van der Waals surface area contributed by atoms with Crippen LogP contribution in [0.25, 0.3) is 41.7 Å². The molecule has 34 heavy (non-hydrogen) atoms. The van der Waals surface area contributed by atoms with E-state index < -0.39 is 0 Å². The summed E-state index contributed by atoms with van der Waals surface area (Å²) in [6.07, 6.45) is 6.59. The molecule has 0 fully saturated rings. The summed E-state index contributed by atoms with van der Waals surface area (Å²) in [7, 11) is 0. The van der Waals surface area contributed by atoms with E-state index in [0.717, 1.165) is 65.0 Å². The Morgan fingerprint density at radius 1 is 0.500 bits per heavy atom. The van der Waals surface area contributed by atoms with Gasteiger partial charge in [0.05, 0.1) is 0 Å². The van der Waals surface area contributed by atoms with Gasteiger partial charge in [-0.1, -0.05) is 13.8 Å². The van der Waals surface area contributed by atoms with Crippen LogP contribution in [0.1, 0.15) is 49.3 Å². The van der Waals surface area contributed by atoms with Crippen molar-refractivity contribution in [1.82, 2.24) is 0 Å². The van der Waals surface area contributed by atoms with E-state index in [1.807, 2.05) is 22.7 Å². The number of benzene rings is 3. The first kappa shape index (κ1) is 23.7. The van der Waals surface area contributed by atoms with Crippen molar-refractivity contribution in [3.8, 4) is 0 Å². The summed E-state index contributed by atoms with van der Waals surface area (Å²) in [4.78, 5) is 2.92. The van der Waals surface area contributed by atoms with Gasteiger partial charge in [-0.15, -0.1) is 22.7 Å². The molecule has 2 heterocycles. The number of hydrogen-bond donors (Lipinski definition) is 0. The molecular weight excluding hydrogens is 456 g/mol. The molecule has 0 unspecified atom stereocenters. The molecule has 0 N–H and O–H groups in total. The van der Waals surface area contributed by atoms with Crippen LogP contribution in [-0.4, -0.2) is 26.4 Å². The van der Waals surface area contributed by atoms with Crippen LogP contribution >= 0.6 is 22.7 Å². The maximum atomic E-state index is 5.65. The summed E-state index contributed by atoms with van der Waals surface area (Å²) in [5, 5.41) is 8.07. The molecule has 0 aliphatic carbocycles. The summed E-state index contributed by atoms with van der Waals surface area (Å²) >= 11 is 3.87. The van der Waals surface area contributed by atoms with Gasteiger partial charge < -0.3 is 9.47 Å². The van der Waals surface area contributed by atoms with E-state index >= 15 is 0 Å². The molecule has 0 spiro atoms. The SMILES string of the molecule is CCCOCCCc1cc2cc3cc4cc5sc(CCCOCCC)cc5cc4cc3cc2s1. The highest BCUT2D eigenvalue weighted by Crippen LogP contribution is 2.35. The second-order valence-corrected chi connectivity index (χ2v) is 11.5. The van der Waals surface area contributed by atoms with Gasteiger partial charge in [0.2, 0.25) is 0 Å². The van der Waals surface area contributed by atoms with E-state index in [-0.39, 0.29) is 0 Å². The quantitative estimate of drug-likeness (QED) is 0.128. The van der Waals surface area contributed by atoms with E-state index in [9.17, 15) is 0 Å². The summed E-state index contributed by atoms with van der Waals surface area (Å²) in [5.74, 6) is 0. The molecule has 0 saturated carbocycles. The Balaban J connectivity index is 1.37. The van der Waals surface area contributed by atoms with Crippen molar-refractivity contribution in [1.29, 1.82) is 0 Å². The highest BCUT2D eigenvalue weighted by molar-refractivity contribution is 7.19. The van der Waals surface area contributed by atoms with Gasteiger partial charge >= 0.3 is 0 Å². The number of fused-ring (bicyclic) bond motifs is 4. The number of aryl methyl sites for hydroxylation is 2. The van der Waals surface area contributed by atoms with Crippen LogP contribution in [-0.2, 0) is 22.3 Å². The summed E-state index contributed by atoms with van der Waals surface area (Å²) < 4.78 is 14.1. The molecule has 0 radical (unpaired) electrons. The minimum Gasteiger partial charge on any atom is -0.381 e. The number of thiophene rings is 2. The normalized spacial score (nSPS) is 12.1. The monoisotopic (exact) mass is 490 g/mol. The van der Waals surface area contributed by atoms with Crippen molar-refractivity contribution in [2.45, 2.75) is 52.4 Å². The van der Waals surface area contributed by atoms with Crippen molar-refractivity contribution < 1.29 is 9.47 Å². The van der Waals surface area contributed by atoms with Crippen LogP contribution in [0.5, 0.6) is 0 Å². The standard InChI is InChI=1S/C30H34O2S2/c1-3-9-31-11-5-7-27-17-25-15-21-13-24-20-30-26(16-22(24)14-23(21)19-29(25)33-27)18-28(34-30)8-6-12-32-10-4-2/h13-20H,3-12H2,1-2H3. The fourth-order valence-electron chi connectivity index (χ4n) is 4.62. The smallest absolute Gasteiger partial charge is 0.0469 e. The lowest BCUT2D eigenvalue weighted by Gasteiger charge is -2.04. The van der Waals surface area contributed by atoms with Crippen LogP contribution in [0.3, 0.4) is 0 Å². The predicted octanol–water partition coefficient (Wildman–Crippen LogP) is 9.14. The van der Waals surface area contributed by atoms with E-state index in [1.54, 1.807) is 0 Å². The van der Waals surface area contributed by atoms with E-state index in [1.165, 1.54) is 51.5 Å². The molecular formula is C30H34O2S2. The minimum atomic E-state index is 0.862. The maximum absolute atomic E-state index is 5.65. The fraction of sp³-hybridized carbons (Fsp3) is 0.400. The van der Waals surface area contributed by atoms with Gasteiger partial charge in [0.15, 0.2) is 0 Å². The van der Waals surface area contributed by atoms with Crippen LogP contribution < -0.4 is 0 Å². The van der Waals surface area contributed by atoms with Gasteiger partial charge in [-0.3, -0.25) is 0 Å². The molecule has 0 amide bonds. The number of ether oxygens (including phenoxy) is 2. The zero-order chi connectivity index (χ0) is 23.3. The van der Waals surface area contributed by atoms with E-state index in [4.69, 9.17) is 9.47 Å². The van der Waals surface area contributed by atoms with Gasteiger partial charge in [0, 0.05) is 45.6 Å². The molecule has 0 bridgehead atoms. The van der Waals surface area contributed by atoms with Crippen LogP contribution in [0.4, 0.5) is 0 Å². The average molecular weight is 491 g/mol. The van der Waals surface area contributed by atoms with Crippen molar-refractivity contribution in [2.75, 3.05) is 26.4 Å². The van der Waals surface area contributed by atoms with Crippen LogP contribution in [0.2, 0.25) is 0 Å². The molecule has 0 saturated heterocycles. The molecule has 5 rings (SSSR count). The van der Waals surface area contributed by atoms with E-state index in [2.05, 4.69) is 62.4 Å². The molecule has 3 aromatic carbocycles. The molecule has 2 nitrogen and oxygen atoms in total. The Bertz CT molecular complexity index is 1200.